The number of amides is 2. The van der Waals surface area contributed by atoms with Crippen molar-refractivity contribution < 1.29 is 23.9 Å². The van der Waals surface area contributed by atoms with Crippen LogP contribution in [0.5, 0.6) is 0 Å². The van der Waals surface area contributed by atoms with Crippen molar-refractivity contribution in [3.05, 3.63) is 0 Å². The van der Waals surface area contributed by atoms with Crippen LogP contribution in [0.15, 0.2) is 0 Å². The number of carbonyl (C=O) groups is 3. The number of methoxy groups -OCH3 is 1. The molecule has 0 aromatic rings. The molecule has 1 rings (SSSR count). The lowest BCUT2D eigenvalue weighted by Crippen LogP contribution is -2.45. The number of carbonyl (C=O) groups excluding carboxylic acids is 3. The van der Waals surface area contributed by atoms with Gasteiger partial charge in [0.05, 0.1) is 7.11 Å². The molecule has 1 aliphatic rings. The van der Waals surface area contributed by atoms with Crippen LogP contribution in [-0.2, 0) is 19.1 Å². The summed E-state index contributed by atoms with van der Waals surface area (Å²) in [6, 6.07) is -0.884. The minimum Gasteiger partial charge on any atom is -0.467 e. The van der Waals surface area contributed by atoms with Crippen LogP contribution in [0, 0.1) is 5.92 Å². The van der Waals surface area contributed by atoms with Gasteiger partial charge in [-0.1, -0.05) is 0 Å². The van der Waals surface area contributed by atoms with Crippen molar-refractivity contribution in [3.8, 4) is 0 Å². The summed E-state index contributed by atoms with van der Waals surface area (Å²) in [5.74, 6) is -0.882. The largest absolute Gasteiger partial charge is 0.467 e. The highest BCUT2D eigenvalue weighted by molar-refractivity contribution is 5.84. The van der Waals surface area contributed by atoms with Crippen LogP contribution in [0.1, 0.15) is 33.6 Å². The molecular formula is C14H24N2O5. The minimum atomic E-state index is -0.884. The van der Waals surface area contributed by atoms with E-state index in [2.05, 4.69) is 10.1 Å². The van der Waals surface area contributed by atoms with E-state index in [0.717, 1.165) is 0 Å². The van der Waals surface area contributed by atoms with Crippen molar-refractivity contribution in [1.82, 2.24) is 10.2 Å². The van der Waals surface area contributed by atoms with Crippen LogP contribution in [0.3, 0.4) is 0 Å². The molecule has 120 valence electrons. The predicted octanol–water partition coefficient (Wildman–Crippen LogP) is 0.921. The highest BCUT2D eigenvalue weighted by Crippen LogP contribution is 2.22. The van der Waals surface area contributed by atoms with Gasteiger partial charge >= 0.3 is 12.1 Å². The third kappa shape index (κ3) is 5.24. The molecule has 1 aliphatic heterocycles. The van der Waals surface area contributed by atoms with Crippen molar-refractivity contribution in [2.24, 2.45) is 5.92 Å². The lowest BCUT2D eigenvalue weighted by Gasteiger charge is -2.23. The van der Waals surface area contributed by atoms with Crippen LogP contribution in [-0.4, -0.2) is 55.2 Å². The number of hydrogen-bond acceptors (Lipinski definition) is 5. The van der Waals surface area contributed by atoms with Gasteiger partial charge in [0.1, 0.15) is 11.6 Å². The van der Waals surface area contributed by atoms with E-state index in [4.69, 9.17) is 4.74 Å². The molecule has 7 nitrogen and oxygen atoms in total. The number of nitrogens with zero attached hydrogens (tertiary/aromatic N) is 1. The van der Waals surface area contributed by atoms with Crippen LogP contribution in [0.25, 0.3) is 0 Å². The van der Waals surface area contributed by atoms with E-state index in [1.54, 1.807) is 32.7 Å². The molecule has 0 radical (unpaired) electrons. The first kappa shape index (κ1) is 17.3. The maximum atomic E-state index is 11.9. The van der Waals surface area contributed by atoms with Crippen molar-refractivity contribution in [2.75, 3.05) is 20.7 Å². The van der Waals surface area contributed by atoms with Crippen molar-refractivity contribution in [3.63, 3.8) is 0 Å². The second kappa shape index (κ2) is 6.78. The zero-order valence-corrected chi connectivity index (χ0v) is 13.3. The van der Waals surface area contributed by atoms with Gasteiger partial charge < -0.3 is 19.7 Å². The van der Waals surface area contributed by atoms with Gasteiger partial charge in [0, 0.05) is 19.5 Å². The summed E-state index contributed by atoms with van der Waals surface area (Å²) in [4.78, 5) is 37.1. The predicted molar refractivity (Wildman–Crippen MR) is 75.5 cm³/mol. The summed E-state index contributed by atoms with van der Waals surface area (Å²) in [5, 5.41) is 2.48. The molecule has 7 heteroatoms. The Morgan fingerprint density at radius 3 is 2.48 bits per heavy atom. The average Bonchev–Trinajstić information content (AvgIpc) is 2.66. The number of rotatable bonds is 4. The van der Waals surface area contributed by atoms with Crippen molar-refractivity contribution in [2.45, 2.75) is 45.3 Å². The van der Waals surface area contributed by atoms with E-state index in [1.807, 2.05) is 0 Å². The molecule has 0 aromatic heterocycles. The Morgan fingerprint density at radius 1 is 1.43 bits per heavy atom. The van der Waals surface area contributed by atoms with Gasteiger partial charge in [0.25, 0.3) is 0 Å². The minimum absolute atomic E-state index is 0.0186. The lowest BCUT2D eigenvalue weighted by molar-refractivity contribution is -0.143. The standard InChI is InChI=1S/C14H24N2O5/c1-14(2,3)21-13(19)15-10(12(18)20-5)8-9-6-7-16(4)11(9)17/h9-10H,6-8H2,1-5H3,(H,15,19)/t9?,10-/m0/s1. The van der Waals surface area contributed by atoms with Gasteiger partial charge in [-0.2, -0.15) is 0 Å². The molecule has 0 aromatic carbocycles. The molecule has 0 spiro atoms. The zero-order chi connectivity index (χ0) is 16.2. The summed E-state index contributed by atoms with van der Waals surface area (Å²) in [7, 11) is 2.96. The Morgan fingerprint density at radius 2 is 2.05 bits per heavy atom. The van der Waals surface area contributed by atoms with E-state index in [1.165, 1.54) is 7.11 Å². The normalized spacial score (nSPS) is 20.1. The van der Waals surface area contributed by atoms with Crippen LogP contribution in [0.2, 0.25) is 0 Å². The topological polar surface area (TPSA) is 84.9 Å². The van der Waals surface area contributed by atoms with Gasteiger partial charge in [-0.15, -0.1) is 0 Å². The summed E-state index contributed by atoms with van der Waals surface area (Å²) >= 11 is 0. The molecule has 0 bridgehead atoms. The Balaban J connectivity index is 2.66. The monoisotopic (exact) mass is 300 g/mol. The fourth-order valence-corrected chi connectivity index (χ4v) is 2.20. The van der Waals surface area contributed by atoms with Gasteiger partial charge in [-0.05, 0) is 33.6 Å². The average molecular weight is 300 g/mol. The Hall–Kier alpha value is -1.79. The molecule has 2 amide bonds. The van der Waals surface area contributed by atoms with Crippen molar-refractivity contribution in [1.29, 1.82) is 0 Å². The van der Waals surface area contributed by atoms with Gasteiger partial charge in [0.2, 0.25) is 5.91 Å². The maximum Gasteiger partial charge on any atom is 0.408 e. The first-order valence-electron chi connectivity index (χ1n) is 6.96. The van der Waals surface area contributed by atoms with E-state index in [-0.39, 0.29) is 18.2 Å². The number of hydrogen-bond donors (Lipinski definition) is 1. The van der Waals surface area contributed by atoms with Gasteiger partial charge in [0.15, 0.2) is 0 Å². The first-order chi connectivity index (χ1) is 9.64. The molecule has 1 N–H and O–H groups in total. The summed E-state index contributed by atoms with van der Waals surface area (Å²) in [5.41, 5.74) is -0.659. The van der Waals surface area contributed by atoms with Crippen LogP contribution < -0.4 is 5.32 Å². The Kier molecular flexibility index (Phi) is 5.57. The maximum absolute atomic E-state index is 11.9. The second-order valence-corrected chi connectivity index (χ2v) is 6.20. The molecule has 1 fully saturated rings. The smallest absolute Gasteiger partial charge is 0.408 e. The lowest BCUT2D eigenvalue weighted by atomic mass is 9.98. The summed E-state index contributed by atoms with van der Waals surface area (Å²) in [6.45, 7) is 5.85. The molecule has 1 saturated heterocycles. The van der Waals surface area contributed by atoms with Crippen LogP contribution in [0.4, 0.5) is 4.79 Å². The summed E-state index contributed by atoms with van der Waals surface area (Å²) in [6.07, 6.45) is 0.185. The third-order valence-electron chi connectivity index (χ3n) is 3.24. The number of nitrogens with one attached hydrogen (secondary N) is 1. The molecule has 0 aliphatic carbocycles. The van der Waals surface area contributed by atoms with E-state index in [0.29, 0.717) is 13.0 Å². The fourth-order valence-electron chi connectivity index (χ4n) is 2.20. The highest BCUT2D eigenvalue weighted by Gasteiger charge is 2.35. The molecule has 1 unspecified atom stereocenters. The molecule has 0 saturated carbocycles. The highest BCUT2D eigenvalue weighted by atomic mass is 16.6. The van der Waals surface area contributed by atoms with Gasteiger partial charge in [-0.3, -0.25) is 4.79 Å². The molecule has 2 atom stereocenters. The Bertz CT molecular complexity index is 416. The second-order valence-electron chi connectivity index (χ2n) is 6.20. The molecular weight excluding hydrogens is 276 g/mol. The third-order valence-corrected chi connectivity index (χ3v) is 3.24. The first-order valence-corrected chi connectivity index (χ1v) is 6.96. The SMILES string of the molecule is COC(=O)[C@H](CC1CCN(C)C1=O)NC(=O)OC(C)(C)C. The quantitative estimate of drug-likeness (QED) is 0.780. The van der Waals surface area contributed by atoms with E-state index >= 15 is 0 Å². The number of alkyl carbamates (subject to hydrolysis) is 1. The number of likely N-dealkylation sites (tertiary alicyclic amines) is 1. The van der Waals surface area contributed by atoms with E-state index < -0.39 is 23.7 Å². The van der Waals surface area contributed by atoms with E-state index in [9.17, 15) is 14.4 Å². The zero-order valence-electron chi connectivity index (χ0n) is 13.3. The van der Waals surface area contributed by atoms with Crippen LogP contribution >= 0.6 is 0 Å². The number of esters is 1. The number of ether oxygens (including phenoxy) is 2. The van der Waals surface area contributed by atoms with Crippen molar-refractivity contribution >= 4 is 18.0 Å². The Labute approximate surface area is 124 Å². The summed E-state index contributed by atoms with van der Waals surface area (Å²) < 4.78 is 9.80. The van der Waals surface area contributed by atoms with Gasteiger partial charge in [-0.25, -0.2) is 9.59 Å². The molecule has 1 heterocycles. The fraction of sp³-hybridized carbons (Fsp3) is 0.786. The molecule has 21 heavy (non-hydrogen) atoms.